The Kier molecular flexibility index (Phi) is 12.2. The van der Waals surface area contributed by atoms with Crippen molar-refractivity contribution >= 4 is 0 Å². The molecule has 0 bridgehead atoms. The molecule has 1 aliphatic rings. The summed E-state index contributed by atoms with van der Waals surface area (Å²) in [6, 6.07) is 32.5. The van der Waals surface area contributed by atoms with Crippen LogP contribution in [0.5, 0.6) is 5.75 Å². The zero-order valence-corrected chi connectivity index (χ0v) is 29.1. The molecule has 1 heterocycles. The second kappa shape index (κ2) is 16.9. The molecule has 0 amide bonds. The Morgan fingerprint density at radius 2 is 1.63 bits per heavy atom. The smallest absolute Gasteiger partial charge is 0.261 e. The maximum absolute atomic E-state index is 15.3. The van der Waals surface area contributed by atoms with Crippen LogP contribution in [0.25, 0.3) is 16.8 Å². The zero-order chi connectivity index (χ0) is 34.8. The lowest BCUT2D eigenvalue weighted by Gasteiger charge is -2.21. The van der Waals surface area contributed by atoms with Gasteiger partial charge in [-0.3, -0.25) is 9.36 Å². The van der Waals surface area contributed by atoms with E-state index in [0.29, 0.717) is 51.4 Å². The lowest BCUT2D eigenvalue weighted by molar-refractivity contribution is 0.242. The topological polar surface area (TPSA) is 67.9 Å². The van der Waals surface area contributed by atoms with Crippen molar-refractivity contribution in [2.75, 3.05) is 0 Å². The van der Waals surface area contributed by atoms with Crippen molar-refractivity contribution in [2.24, 2.45) is 0 Å². The minimum Gasteiger partial charge on any atom is -0.491 e. The summed E-state index contributed by atoms with van der Waals surface area (Å²) in [5.41, 5.74) is 5.39. The molecule has 0 atom stereocenters. The third kappa shape index (κ3) is 8.91. The van der Waals surface area contributed by atoms with Crippen LogP contribution in [0.1, 0.15) is 99.0 Å². The number of benzene rings is 4. The van der Waals surface area contributed by atoms with Gasteiger partial charge in [-0.2, -0.15) is 5.26 Å². The number of rotatable bonds is 9. The molecule has 0 spiro atoms. The van der Waals surface area contributed by atoms with E-state index in [4.69, 9.17) is 9.72 Å². The molecule has 6 heteroatoms. The molecule has 5 nitrogen and oxygen atoms in total. The second-order valence-corrected chi connectivity index (χ2v) is 13.0. The van der Waals surface area contributed by atoms with E-state index in [2.05, 4.69) is 36.4 Å². The summed E-state index contributed by atoms with van der Waals surface area (Å²) in [5, 5.41) is 9.41. The van der Waals surface area contributed by atoms with Gasteiger partial charge in [0.1, 0.15) is 17.4 Å². The summed E-state index contributed by atoms with van der Waals surface area (Å²) >= 11 is 0. The molecular weight excluding hydrogens is 609 g/mol. The van der Waals surface area contributed by atoms with Crippen LogP contribution in [0.3, 0.4) is 0 Å². The lowest BCUT2D eigenvalue weighted by Crippen LogP contribution is -2.28. The van der Waals surface area contributed by atoms with Gasteiger partial charge in [0, 0.05) is 12.0 Å². The number of nitriles is 1. The predicted molar refractivity (Wildman–Crippen MR) is 196 cm³/mol. The van der Waals surface area contributed by atoms with E-state index in [1.54, 1.807) is 40.5 Å². The Morgan fingerprint density at radius 3 is 2.29 bits per heavy atom. The highest BCUT2D eigenvalue weighted by Gasteiger charge is 2.19. The van der Waals surface area contributed by atoms with Crippen molar-refractivity contribution in [1.29, 1.82) is 5.26 Å². The summed E-state index contributed by atoms with van der Waals surface area (Å²) in [7, 11) is 0. The van der Waals surface area contributed by atoms with Crippen molar-refractivity contribution in [1.82, 2.24) is 9.55 Å². The molecule has 49 heavy (non-hydrogen) atoms. The molecule has 5 aromatic rings. The van der Waals surface area contributed by atoms with Gasteiger partial charge in [0.2, 0.25) is 0 Å². The van der Waals surface area contributed by atoms with Gasteiger partial charge < -0.3 is 4.74 Å². The molecule has 0 radical (unpaired) electrons. The molecule has 6 rings (SSSR count). The lowest BCUT2D eigenvalue weighted by atomic mass is 9.84. The first-order valence-corrected chi connectivity index (χ1v) is 17.5. The van der Waals surface area contributed by atoms with Crippen molar-refractivity contribution in [3.05, 3.63) is 147 Å². The Labute approximate surface area is 290 Å². The average molecular weight is 656 g/mol. The second-order valence-electron chi connectivity index (χ2n) is 13.0. The molecule has 252 valence electrons. The summed E-state index contributed by atoms with van der Waals surface area (Å²) in [6.45, 7) is 7.75. The van der Waals surface area contributed by atoms with Crippen LogP contribution in [-0.2, 0) is 12.8 Å². The first-order chi connectivity index (χ1) is 23.8. The van der Waals surface area contributed by atoms with E-state index < -0.39 is 5.82 Å². The SMILES string of the molecule is CCCc1nc(C)n(-c2ccc(OC(C)C)cc2)c(=O)c1Cc1ccc(-c2ccccc2C#N)cc1F.c1ccc(C2CCCCC2)cc1. The van der Waals surface area contributed by atoms with Crippen molar-refractivity contribution in [3.8, 4) is 28.6 Å². The van der Waals surface area contributed by atoms with Crippen molar-refractivity contribution in [2.45, 2.75) is 91.1 Å². The molecule has 1 aromatic heterocycles. The van der Waals surface area contributed by atoms with Crippen LogP contribution in [0.4, 0.5) is 4.39 Å². The quantitative estimate of drug-likeness (QED) is 0.158. The van der Waals surface area contributed by atoms with Crippen LogP contribution in [0.2, 0.25) is 0 Å². The number of aromatic nitrogens is 2. The van der Waals surface area contributed by atoms with Gasteiger partial charge in [0.05, 0.1) is 29.1 Å². The van der Waals surface area contributed by atoms with Crippen LogP contribution >= 0.6 is 0 Å². The summed E-state index contributed by atoms with van der Waals surface area (Å²) in [6.07, 6.45) is 8.74. The fourth-order valence-corrected chi connectivity index (χ4v) is 6.63. The van der Waals surface area contributed by atoms with Crippen LogP contribution in [-0.4, -0.2) is 15.7 Å². The first kappa shape index (κ1) is 35.3. The van der Waals surface area contributed by atoms with Crippen molar-refractivity contribution in [3.63, 3.8) is 0 Å². The normalized spacial score (nSPS) is 13.0. The fourth-order valence-electron chi connectivity index (χ4n) is 6.63. The van der Waals surface area contributed by atoms with E-state index in [0.717, 1.165) is 18.1 Å². The standard InChI is InChI=1S/C31H30FN3O2.C12H16/c1-5-8-30-28(17-23-12-11-22(18-29(23)32)27-10-7-6-9-24(27)19-33)31(36)35(21(4)34-30)25-13-15-26(16-14-25)37-20(2)3;1-3-7-11(8-4-1)12-9-5-2-6-10-12/h6-7,9-16,18,20H,5,8,17H2,1-4H3;1,3-4,7-8,12H,2,5-6,9-10H2. The highest BCUT2D eigenvalue weighted by atomic mass is 19.1. The van der Waals surface area contributed by atoms with E-state index in [9.17, 15) is 10.1 Å². The number of ether oxygens (including phenoxy) is 1. The number of hydrogen-bond donors (Lipinski definition) is 0. The maximum atomic E-state index is 15.3. The molecular formula is C43H46FN3O2. The largest absolute Gasteiger partial charge is 0.491 e. The highest BCUT2D eigenvalue weighted by molar-refractivity contribution is 5.70. The molecule has 1 fully saturated rings. The van der Waals surface area contributed by atoms with Crippen LogP contribution < -0.4 is 10.3 Å². The Balaban J connectivity index is 0.000000325. The molecule has 0 aliphatic heterocycles. The molecule has 1 saturated carbocycles. The van der Waals surface area contributed by atoms with Crippen LogP contribution in [0.15, 0.2) is 102 Å². The zero-order valence-electron chi connectivity index (χ0n) is 29.1. The molecule has 0 saturated heterocycles. The monoisotopic (exact) mass is 655 g/mol. The van der Waals surface area contributed by atoms with Crippen molar-refractivity contribution < 1.29 is 9.13 Å². The van der Waals surface area contributed by atoms with E-state index >= 15 is 4.39 Å². The molecule has 0 N–H and O–H groups in total. The Hall–Kier alpha value is -5.02. The molecule has 1 aliphatic carbocycles. The average Bonchev–Trinajstić information content (AvgIpc) is 3.12. The van der Waals surface area contributed by atoms with E-state index in [1.165, 1.54) is 38.2 Å². The number of nitrogens with zero attached hydrogens (tertiary/aromatic N) is 3. The van der Waals surface area contributed by atoms with Gasteiger partial charge in [0.15, 0.2) is 0 Å². The third-order valence-electron chi connectivity index (χ3n) is 9.04. The summed E-state index contributed by atoms with van der Waals surface area (Å²) in [4.78, 5) is 18.5. The number of hydrogen-bond acceptors (Lipinski definition) is 4. The summed E-state index contributed by atoms with van der Waals surface area (Å²) in [5.74, 6) is 1.74. The maximum Gasteiger partial charge on any atom is 0.261 e. The van der Waals surface area contributed by atoms with Gasteiger partial charge in [-0.25, -0.2) is 9.37 Å². The van der Waals surface area contributed by atoms with Gasteiger partial charge in [-0.15, -0.1) is 0 Å². The Morgan fingerprint density at radius 1 is 0.939 bits per heavy atom. The molecule has 4 aromatic carbocycles. The van der Waals surface area contributed by atoms with Gasteiger partial charge in [0.25, 0.3) is 5.56 Å². The van der Waals surface area contributed by atoms with Crippen LogP contribution in [0, 0.1) is 24.1 Å². The number of aryl methyl sites for hydroxylation is 2. The Bertz CT molecular complexity index is 1940. The highest BCUT2D eigenvalue weighted by Crippen LogP contribution is 2.32. The fraction of sp³-hybridized carbons (Fsp3) is 0.326. The van der Waals surface area contributed by atoms with Gasteiger partial charge >= 0.3 is 0 Å². The number of halogens is 1. The third-order valence-corrected chi connectivity index (χ3v) is 9.04. The predicted octanol–water partition coefficient (Wildman–Crippen LogP) is 10.3. The summed E-state index contributed by atoms with van der Waals surface area (Å²) < 4.78 is 22.6. The molecule has 0 unspecified atom stereocenters. The van der Waals surface area contributed by atoms with Gasteiger partial charge in [-0.05, 0) is 105 Å². The van der Waals surface area contributed by atoms with E-state index in [1.807, 2.05) is 58.0 Å². The minimum absolute atomic E-state index is 0.0478. The first-order valence-electron chi connectivity index (χ1n) is 17.5. The van der Waals surface area contributed by atoms with Gasteiger partial charge in [-0.1, -0.05) is 93.3 Å². The van der Waals surface area contributed by atoms with E-state index in [-0.39, 0.29) is 18.1 Å². The minimum atomic E-state index is -0.422.